The van der Waals surface area contributed by atoms with E-state index in [2.05, 4.69) is 4.74 Å². The average molecular weight is 295 g/mol. The summed E-state index contributed by atoms with van der Waals surface area (Å²) in [6, 6.07) is 2.32. The van der Waals surface area contributed by atoms with E-state index in [-0.39, 0.29) is 13.0 Å². The number of rotatable bonds is 4. The standard InChI is InChI=1S/C13H10FNO6/c1-7(16)13(4-5-21-12(13)18)11(17)9-3-2-8(14)6-10(9)15(19)20/h2-3,6H,4-5H2,1H3. The minimum Gasteiger partial charge on any atom is -0.465 e. The molecule has 0 radical (unpaired) electrons. The van der Waals surface area contributed by atoms with E-state index in [1.54, 1.807) is 0 Å². The van der Waals surface area contributed by atoms with Gasteiger partial charge in [0.25, 0.3) is 5.69 Å². The fraction of sp³-hybridized carbons (Fsp3) is 0.308. The summed E-state index contributed by atoms with van der Waals surface area (Å²) in [4.78, 5) is 46.1. The Labute approximate surface area is 117 Å². The monoisotopic (exact) mass is 295 g/mol. The summed E-state index contributed by atoms with van der Waals surface area (Å²) in [5, 5.41) is 10.9. The van der Waals surface area contributed by atoms with E-state index in [0.717, 1.165) is 19.1 Å². The van der Waals surface area contributed by atoms with Crippen molar-refractivity contribution in [3.63, 3.8) is 0 Å². The summed E-state index contributed by atoms with van der Waals surface area (Å²) in [5.41, 5.74) is -3.36. The number of hydrogen-bond acceptors (Lipinski definition) is 6. The number of halogens is 1. The van der Waals surface area contributed by atoms with Crippen molar-refractivity contribution in [1.82, 2.24) is 0 Å². The largest absolute Gasteiger partial charge is 0.465 e. The molecule has 1 atom stereocenters. The Morgan fingerprint density at radius 1 is 1.43 bits per heavy atom. The zero-order valence-corrected chi connectivity index (χ0v) is 10.9. The maximum Gasteiger partial charge on any atom is 0.327 e. The van der Waals surface area contributed by atoms with Crippen LogP contribution in [-0.2, 0) is 14.3 Å². The van der Waals surface area contributed by atoms with Crippen molar-refractivity contribution in [1.29, 1.82) is 0 Å². The summed E-state index contributed by atoms with van der Waals surface area (Å²) in [5.74, 6) is -3.72. The van der Waals surface area contributed by atoms with Gasteiger partial charge in [-0.15, -0.1) is 0 Å². The van der Waals surface area contributed by atoms with Gasteiger partial charge in [-0.25, -0.2) is 4.39 Å². The molecule has 0 aliphatic carbocycles. The van der Waals surface area contributed by atoms with Gasteiger partial charge < -0.3 is 4.74 Å². The van der Waals surface area contributed by atoms with Crippen LogP contribution in [0, 0.1) is 21.3 Å². The van der Waals surface area contributed by atoms with E-state index >= 15 is 0 Å². The zero-order valence-electron chi connectivity index (χ0n) is 10.9. The Balaban J connectivity index is 2.61. The maximum atomic E-state index is 13.1. The van der Waals surface area contributed by atoms with Crippen LogP contribution in [0.15, 0.2) is 18.2 Å². The van der Waals surface area contributed by atoms with E-state index in [9.17, 15) is 28.9 Å². The molecule has 8 heteroatoms. The molecule has 0 N–H and O–H groups in total. The van der Waals surface area contributed by atoms with Gasteiger partial charge in [0.15, 0.2) is 17.0 Å². The van der Waals surface area contributed by atoms with Crippen molar-refractivity contribution in [2.24, 2.45) is 5.41 Å². The second-order valence-corrected chi connectivity index (χ2v) is 4.60. The number of hydrogen-bond donors (Lipinski definition) is 0. The predicted octanol–water partition coefficient (Wildman–Crippen LogP) is 1.44. The molecule has 21 heavy (non-hydrogen) atoms. The summed E-state index contributed by atoms with van der Waals surface area (Å²) in [6.45, 7) is 0.916. The van der Waals surface area contributed by atoms with Crippen molar-refractivity contribution in [3.8, 4) is 0 Å². The van der Waals surface area contributed by atoms with Gasteiger partial charge in [0, 0.05) is 6.42 Å². The van der Waals surface area contributed by atoms with Crippen molar-refractivity contribution < 1.29 is 28.4 Å². The van der Waals surface area contributed by atoms with E-state index in [4.69, 9.17) is 0 Å². The lowest BCUT2D eigenvalue weighted by atomic mass is 9.75. The first-order valence-electron chi connectivity index (χ1n) is 5.97. The number of nitro benzene ring substituents is 1. The topological polar surface area (TPSA) is 104 Å². The summed E-state index contributed by atoms with van der Waals surface area (Å²) >= 11 is 0. The molecule has 1 aromatic carbocycles. The third-order valence-corrected chi connectivity index (χ3v) is 3.45. The van der Waals surface area contributed by atoms with Gasteiger partial charge >= 0.3 is 5.97 Å². The third kappa shape index (κ3) is 2.18. The molecule has 1 saturated heterocycles. The minimum atomic E-state index is -2.08. The molecule has 1 heterocycles. The molecule has 1 unspecified atom stereocenters. The number of ketones is 2. The van der Waals surface area contributed by atoms with Gasteiger partial charge in [-0.2, -0.15) is 0 Å². The second-order valence-electron chi connectivity index (χ2n) is 4.60. The number of benzene rings is 1. The highest BCUT2D eigenvalue weighted by atomic mass is 19.1. The summed E-state index contributed by atoms with van der Waals surface area (Å²) in [6.07, 6.45) is -0.186. The second kappa shape index (κ2) is 5.04. The number of cyclic esters (lactones) is 1. The molecular formula is C13H10FNO6. The molecular weight excluding hydrogens is 285 g/mol. The lowest BCUT2D eigenvalue weighted by Crippen LogP contribution is -2.42. The molecule has 1 aromatic rings. The van der Waals surface area contributed by atoms with Crippen molar-refractivity contribution in [2.75, 3.05) is 6.61 Å². The van der Waals surface area contributed by atoms with Crippen LogP contribution in [0.4, 0.5) is 10.1 Å². The highest BCUT2D eigenvalue weighted by molar-refractivity contribution is 6.28. The number of nitro groups is 1. The van der Waals surface area contributed by atoms with Crippen LogP contribution in [0.25, 0.3) is 0 Å². The number of nitrogens with zero attached hydrogens (tertiary/aromatic N) is 1. The Hall–Kier alpha value is -2.64. The van der Waals surface area contributed by atoms with Crippen LogP contribution in [0.2, 0.25) is 0 Å². The lowest BCUT2D eigenvalue weighted by molar-refractivity contribution is -0.385. The van der Waals surface area contributed by atoms with Gasteiger partial charge in [0.1, 0.15) is 5.82 Å². The normalized spacial score (nSPS) is 21.0. The molecule has 0 aromatic heterocycles. The molecule has 0 spiro atoms. The van der Waals surface area contributed by atoms with Crippen LogP contribution in [0.1, 0.15) is 23.7 Å². The summed E-state index contributed by atoms with van der Waals surface area (Å²) < 4.78 is 17.8. The molecule has 0 amide bonds. The first-order valence-corrected chi connectivity index (χ1v) is 5.97. The molecule has 7 nitrogen and oxygen atoms in total. The smallest absolute Gasteiger partial charge is 0.327 e. The highest BCUT2D eigenvalue weighted by Gasteiger charge is 2.56. The first kappa shape index (κ1) is 14.8. The number of ether oxygens (including phenoxy) is 1. The predicted molar refractivity (Wildman–Crippen MR) is 66.1 cm³/mol. The van der Waals surface area contributed by atoms with Crippen LogP contribution in [0.3, 0.4) is 0 Å². The van der Waals surface area contributed by atoms with Crippen molar-refractivity contribution >= 4 is 23.2 Å². The molecule has 0 saturated carbocycles. The highest BCUT2D eigenvalue weighted by Crippen LogP contribution is 2.37. The van der Waals surface area contributed by atoms with Gasteiger partial charge in [0.05, 0.1) is 23.2 Å². The fourth-order valence-corrected chi connectivity index (χ4v) is 2.29. The van der Waals surface area contributed by atoms with E-state index in [1.165, 1.54) is 0 Å². The Morgan fingerprint density at radius 2 is 2.10 bits per heavy atom. The van der Waals surface area contributed by atoms with Crippen molar-refractivity contribution in [3.05, 3.63) is 39.7 Å². The Kier molecular flexibility index (Phi) is 3.54. The Morgan fingerprint density at radius 3 is 2.57 bits per heavy atom. The van der Waals surface area contributed by atoms with E-state index < -0.39 is 44.9 Å². The molecule has 1 aliphatic rings. The van der Waals surface area contributed by atoms with Crippen molar-refractivity contribution in [2.45, 2.75) is 13.3 Å². The number of Topliss-reactive ketones (excluding diaryl/α,β-unsaturated/α-hetero) is 2. The van der Waals surface area contributed by atoms with Crippen LogP contribution in [0.5, 0.6) is 0 Å². The van der Waals surface area contributed by atoms with Crippen LogP contribution < -0.4 is 0 Å². The number of carbonyl (C=O) groups is 3. The van der Waals surface area contributed by atoms with Crippen LogP contribution in [-0.4, -0.2) is 29.1 Å². The average Bonchev–Trinajstić information content (AvgIpc) is 2.80. The quantitative estimate of drug-likeness (QED) is 0.274. The van der Waals surface area contributed by atoms with Gasteiger partial charge in [-0.1, -0.05) is 0 Å². The number of esters is 1. The molecule has 1 fully saturated rings. The molecule has 0 bridgehead atoms. The SMILES string of the molecule is CC(=O)C1(C(=O)c2ccc(F)cc2[N+](=O)[O-])CCOC1=O. The van der Waals surface area contributed by atoms with E-state index in [0.29, 0.717) is 6.07 Å². The summed E-state index contributed by atoms with van der Waals surface area (Å²) in [7, 11) is 0. The first-order chi connectivity index (χ1) is 9.80. The zero-order chi connectivity index (χ0) is 15.8. The minimum absolute atomic E-state index is 0.126. The Bertz CT molecular complexity index is 671. The molecule has 2 rings (SSSR count). The van der Waals surface area contributed by atoms with Gasteiger partial charge in [0.2, 0.25) is 0 Å². The van der Waals surface area contributed by atoms with Crippen LogP contribution >= 0.6 is 0 Å². The van der Waals surface area contributed by atoms with Gasteiger partial charge in [-0.3, -0.25) is 24.5 Å². The molecule has 110 valence electrons. The van der Waals surface area contributed by atoms with E-state index in [1.807, 2.05) is 0 Å². The maximum absolute atomic E-state index is 13.1. The number of carbonyl (C=O) groups excluding carboxylic acids is 3. The van der Waals surface area contributed by atoms with Gasteiger partial charge in [-0.05, 0) is 19.1 Å². The lowest BCUT2D eigenvalue weighted by Gasteiger charge is -2.19. The molecule has 1 aliphatic heterocycles. The fourth-order valence-electron chi connectivity index (χ4n) is 2.29. The third-order valence-electron chi connectivity index (χ3n) is 3.45.